The number of benzene rings is 1. The van der Waals surface area contributed by atoms with Gasteiger partial charge in [0.25, 0.3) is 0 Å². The van der Waals surface area contributed by atoms with Crippen LogP contribution in [0.2, 0.25) is 0 Å². The summed E-state index contributed by atoms with van der Waals surface area (Å²) in [6.07, 6.45) is 4.95. The van der Waals surface area contributed by atoms with Crippen molar-refractivity contribution in [2.45, 2.75) is 95.8 Å². The fourth-order valence-corrected chi connectivity index (χ4v) is 6.40. The SMILES string of the molecule is CCN(C[C@H]1O[C@@H](n2cnc3c(N)ncnc32)[C@H](O)[C@@H]1O)C1CC(CCC2=Nc3cc(C(C)(C)C)ccc3C2)C1. The van der Waals surface area contributed by atoms with Gasteiger partial charge >= 0.3 is 0 Å². The van der Waals surface area contributed by atoms with Gasteiger partial charge in [0, 0.05) is 24.7 Å². The fourth-order valence-electron chi connectivity index (χ4n) is 6.40. The number of ether oxygens (including phenoxy) is 1. The van der Waals surface area contributed by atoms with E-state index in [0.717, 1.165) is 44.3 Å². The van der Waals surface area contributed by atoms with Gasteiger partial charge in [-0.3, -0.25) is 14.5 Å². The van der Waals surface area contributed by atoms with Crippen molar-refractivity contribution in [1.29, 1.82) is 0 Å². The monoisotopic (exact) mass is 547 g/mol. The topological polar surface area (TPSA) is 135 Å². The van der Waals surface area contributed by atoms with Crippen molar-refractivity contribution in [3.8, 4) is 0 Å². The maximum atomic E-state index is 10.9. The third-order valence-electron chi connectivity index (χ3n) is 9.01. The first-order chi connectivity index (χ1) is 19.1. The minimum absolute atomic E-state index is 0.134. The van der Waals surface area contributed by atoms with Crippen LogP contribution in [-0.2, 0) is 16.6 Å². The zero-order chi connectivity index (χ0) is 28.2. The predicted molar refractivity (Wildman–Crippen MR) is 155 cm³/mol. The molecule has 6 rings (SSSR count). The van der Waals surface area contributed by atoms with Gasteiger partial charge in [0.15, 0.2) is 17.7 Å². The van der Waals surface area contributed by atoms with Crippen molar-refractivity contribution in [3.05, 3.63) is 42.0 Å². The molecule has 10 heteroatoms. The smallest absolute Gasteiger partial charge is 0.167 e. The number of aliphatic hydroxyl groups excluding tert-OH is 2. The van der Waals surface area contributed by atoms with E-state index in [-0.39, 0.29) is 11.2 Å². The molecule has 2 fully saturated rings. The van der Waals surface area contributed by atoms with Gasteiger partial charge in [-0.1, -0.05) is 39.8 Å². The number of aliphatic hydroxyl groups is 2. The molecule has 3 aromatic rings. The summed E-state index contributed by atoms with van der Waals surface area (Å²) in [4.78, 5) is 19.9. The van der Waals surface area contributed by atoms with E-state index in [0.29, 0.717) is 29.7 Å². The summed E-state index contributed by atoms with van der Waals surface area (Å²) in [5.41, 5.74) is 12.1. The van der Waals surface area contributed by atoms with Crippen molar-refractivity contribution in [2.24, 2.45) is 10.9 Å². The highest BCUT2D eigenvalue weighted by Gasteiger charge is 2.46. The number of nitrogen functional groups attached to an aromatic ring is 1. The Morgan fingerprint density at radius 2 is 1.93 bits per heavy atom. The number of imidazole rings is 1. The zero-order valence-electron chi connectivity index (χ0n) is 23.9. The van der Waals surface area contributed by atoms with E-state index < -0.39 is 24.5 Å². The maximum absolute atomic E-state index is 10.9. The van der Waals surface area contributed by atoms with Crippen LogP contribution in [0.5, 0.6) is 0 Å². The van der Waals surface area contributed by atoms with Crippen LogP contribution in [0.15, 0.2) is 35.8 Å². The summed E-state index contributed by atoms with van der Waals surface area (Å²) < 4.78 is 7.83. The molecule has 1 saturated carbocycles. The molecule has 1 aliphatic carbocycles. The van der Waals surface area contributed by atoms with Crippen molar-refractivity contribution in [2.75, 3.05) is 18.8 Å². The molecule has 3 aliphatic rings. The van der Waals surface area contributed by atoms with Crippen LogP contribution in [-0.4, -0.2) is 77.8 Å². The highest BCUT2D eigenvalue weighted by atomic mass is 16.6. The number of hydrogen-bond donors (Lipinski definition) is 3. The lowest BCUT2D eigenvalue weighted by Gasteiger charge is -2.43. The van der Waals surface area contributed by atoms with E-state index in [2.05, 4.69) is 65.7 Å². The van der Waals surface area contributed by atoms with E-state index in [1.165, 1.54) is 29.5 Å². The number of anilines is 1. The van der Waals surface area contributed by atoms with E-state index >= 15 is 0 Å². The summed E-state index contributed by atoms with van der Waals surface area (Å²) in [6, 6.07) is 7.23. The molecular weight excluding hydrogens is 506 g/mol. The molecule has 10 nitrogen and oxygen atoms in total. The van der Waals surface area contributed by atoms with Crippen LogP contribution in [0.3, 0.4) is 0 Å². The van der Waals surface area contributed by atoms with Gasteiger partial charge in [-0.25, -0.2) is 15.0 Å². The van der Waals surface area contributed by atoms with Crippen molar-refractivity contribution in [3.63, 3.8) is 0 Å². The van der Waals surface area contributed by atoms with Crippen LogP contribution < -0.4 is 5.73 Å². The fraction of sp³-hybridized carbons (Fsp3) is 0.600. The first-order valence-electron chi connectivity index (χ1n) is 14.5. The van der Waals surface area contributed by atoms with E-state index in [4.69, 9.17) is 15.5 Å². The number of hydrogen-bond acceptors (Lipinski definition) is 9. The predicted octanol–water partition coefficient (Wildman–Crippen LogP) is 3.53. The largest absolute Gasteiger partial charge is 0.387 e. The molecule has 2 aromatic heterocycles. The van der Waals surface area contributed by atoms with Gasteiger partial charge in [-0.15, -0.1) is 0 Å². The Bertz CT molecular complexity index is 1410. The molecule has 2 aliphatic heterocycles. The maximum Gasteiger partial charge on any atom is 0.167 e. The molecule has 0 unspecified atom stereocenters. The van der Waals surface area contributed by atoms with Gasteiger partial charge in [-0.05, 0) is 60.8 Å². The molecule has 1 aromatic carbocycles. The lowest BCUT2D eigenvalue weighted by molar-refractivity contribution is -0.0550. The van der Waals surface area contributed by atoms with Crippen molar-refractivity contribution < 1.29 is 14.9 Å². The average molecular weight is 548 g/mol. The van der Waals surface area contributed by atoms with Crippen LogP contribution >= 0.6 is 0 Å². The second-order valence-electron chi connectivity index (χ2n) is 12.7. The molecule has 4 heterocycles. The number of nitrogens with two attached hydrogens (primary N) is 1. The lowest BCUT2D eigenvalue weighted by atomic mass is 9.76. The Balaban J connectivity index is 1.02. The summed E-state index contributed by atoms with van der Waals surface area (Å²) >= 11 is 0. The number of nitrogens with zero attached hydrogens (tertiary/aromatic N) is 6. The highest BCUT2D eigenvalue weighted by molar-refractivity contribution is 5.94. The van der Waals surface area contributed by atoms with E-state index in [9.17, 15) is 10.2 Å². The second kappa shape index (κ2) is 10.5. The van der Waals surface area contributed by atoms with Crippen LogP contribution in [0, 0.1) is 5.92 Å². The third-order valence-corrected chi connectivity index (χ3v) is 9.01. The van der Waals surface area contributed by atoms with Gasteiger partial charge in [0.05, 0.1) is 12.0 Å². The molecule has 0 spiro atoms. The summed E-state index contributed by atoms with van der Waals surface area (Å²) in [5.74, 6) is 0.954. The lowest BCUT2D eigenvalue weighted by Crippen LogP contribution is -2.49. The molecule has 0 amide bonds. The van der Waals surface area contributed by atoms with Gasteiger partial charge in [0.1, 0.15) is 30.2 Å². The molecular formula is C30H41N7O3. The number of aromatic nitrogens is 4. The average Bonchev–Trinajstić information content (AvgIpc) is 3.58. The number of likely N-dealkylation sites (N-methyl/N-ethyl adjacent to an activating group) is 1. The Kier molecular flexibility index (Phi) is 7.14. The minimum atomic E-state index is -1.10. The van der Waals surface area contributed by atoms with Gasteiger partial charge < -0.3 is 20.7 Å². The van der Waals surface area contributed by atoms with Gasteiger partial charge in [-0.2, -0.15) is 0 Å². The first-order valence-corrected chi connectivity index (χ1v) is 14.5. The van der Waals surface area contributed by atoms with Crippen LogP contribution in [0.4, 0.5) is 11.5 Å². The molecule has 0 radical (unpaired) electrons. The molecule has 4 N–H and O–H groups in total. The van der Waals surface area contributed by atoms with Crippen molar-refractivity contribution in [1.82, 2.24) is 24.4 Å². The summed E-state index contributed by atoms with van der Waals surface area (Å²) in [7, 11) is 0. The normalized spacial score (nSPS) is 28.2. The molecule has 4 atom stereocenters. The van der Waals surface area contributed by atoms with Gasteiger partial charge in [0.2, 0.25) is 0 Å². The summed E-state index contributed by atoms with van der Waals surface area (Å²) in [5, 5.41) is 21.7. The van der Waals surface area contributed by atoms with Crippen LogP contribution in [0.25, 0.3) is 11.2 Å². The minimum Gasteiger partial charge on any atom is -0.387 e. The molecule has 0 bridgehead atoms. The van der Waals surface area contributed by atoms with Crippen LogP contribution in [0.1, 0.15) is 70.7 Å². The van der Waals surface area contributed by atoms with E-state index in [1.54, 1.807) is 4.57 Å². The number of fused-ring (bicyclic) bond motifs is 2. The highest BCUT2D eigenvalue weighted by Crippen LogP contribution is 2.39. The summed E-state index contributed by atoms with van der Waals surface area (Å²) in [6.45, 7) is 10.3. The van der Waals surface area contributed by atoms with E-state index in [1.807, 2.05) is 0 Å². The second-order valence-corrected chi connectivity index (χ2v) is 12.7. The number of rotatable bonds is 8. The molecule has 40 heavy (non-hydrogen) atoms. The molecule has 1 saturated heterocycles. The quantitative estimate of drug-likeness (QED) is 0.390. The van der Waals surface area contributed by atoms with Crippen molar-refractivity contribution >= 4 is 28.4 Å². The zero-order valence-corrected chi connectivity index (χ0v) is 23.9. The third kappa shape index (κ3) is 5.02. The molecule has 214 valence electrons. The Hall–Kier alpha value is -2.92. The number of aliphatic imine (C=N–C) groups is 1. The Morgan fingerprint density at radius 1 is 1.12 bits per heavy atom. The Labute approximate surface area is 235 Å². The first kappa shape index (κ1) is 27.3. The Morgan fingerprint density at radius 3 is 2.67 bits per heavy atom. The standard InChI is InChI=1S/C30H41N7O3/c1-5-36(14-23-25(38)26(39)29(40-23)37-16-34-24-27(31)32-15-33-28(24)37)21-10-17(11-21)6-9-20-12-18-7-8-19(30(2,3)4)13-22(18)35-20/h7-8,13,15-17,21,23,25-26,29,38-39H,5-6,9-12,14H2,1-4H3,(H2,31,32,33)/t17?,21?,23-,25-,26-,29-/m1/s1.